The van der Waals surface area contributed by atoms with E-state index in [1.807, 2.05) is 0 Å². The molecule has 2 rings (SSSR count). The van der Waals surface area contributed by atoms with Crippen molar-refractivity contribution >= 4 is 11.6 Å². The van der Waals surface area contributed by atoms with Gasteiger partial charge in [0.1, 0.15) is 0 Å². The summed E-state index contributed by atoms with van der Waals surface area (Å²) in [6.07, 6.45) is 0.577. The van der Waals surface area contributed by atoms with Crippen LogP contribution in [0.2, 0.25) is 0 Å². The third kappa shape index (κ3) is 4.23. The Morgan fingerprint density at radius 1 is 1.30 bits per heavy atom. The van der Waals surface area contributed by atoms with Gasteiger partial charge in [-0.25, -0.2) is 0 Å². The average molecular weight is 275 g/mol. The fourth-order valence-electron chi connectivity index (χ4n) is 2.47. The maximum absolute atomic E-state index is 11.4. The molecule has 0 bridgehead atoms. The van der Waals surface area contributed by atoms with Gasteiger partial charge in [-0.1, -0.05) is 32.0 Å². The van der Waals surface area contributed by atoms with Crippen molar-refractivity contribution in [3.05, 3.63) is 29.8 Å². The standard InChI is InChI=1S/C16H25N3O/c1-13(2)11-17-12-14-5-3-4-6-15(14)19-9-7-16(20)18-8-10-19/h3-6,13,17H,7-12H2,1-2H3,(H,18,20). The van der Waals surface area contributed by atoms with Crippen LogP contribution in [0.1, 0.15) is 25.8 Å². The Kier molecular flexibility index (Phi) is 5.41. The monoisotopic (exact) mass is 275 g/mol. The third-order valence-corrected chi connectivity index (χ3v) is 3.51. The fraction of sp³-hybridized carbons (Fsp3) is 0.562. The number of nitrogens with one attached hydrogen (secondary N) is 2. The molecule has 2 N–H and O–H groups in total. The zero-order chi connectivity index (χ0) is 14.4. The van der Waals surface area contributed by atoms with Crippen LogP contribution in [0.3, 0.4) is 0 Å². The van der Waals surface area contributed by atoms with Gasteiger partial charge in [-0.2, -0.15) is 0 Å². The van der Waals surface area contributed by atoms with E-state index in [1.165, 1.54) is 11.3 Å². The lowest BCUT2D eigenvalue weighted by Crippen LogP contribution is -2.30. The van der Waals surface area contributed by atoms with Gasteiger partial charge in [-0.05, 0) is 24.1 Å². The molecule has 0 spiro atoms. The van der Waals surface area contributed by atoms with Gasteiger partial charge in [0.25, 0.3) is 0 Å². The first-order valence-electron chi connectivity index (χ1n) is 7.47. The molecule has 0 atom stereocenters. The molecule has 1 fully saturated rings. The number of hydrogen-bond donors (Lipinski definition) is 2. The number of hydrogen-bond acceptors (Lipinski definition) is 3. The molecule has 110 valence electrons. The van der Waals surface area contributed by atoms with Crippen molar-refractivity contribution in [1.82, 2.24) is 10.6 Å². The minimum absolute atomic E-state index is 0.155. The summed E-state index contributed by atoms with van der Waals surface area (Å²) >= 11 is 0. The second-order valence-corrected chi connectivity index (χ2v) is 5.74. The molecule has 4 nitrogen and oxygen atoms in total. The molecule has 1 aromatic carbocycles. The molecule has 1 saturated heterocycles. The summed E-state index contributed by atoms with van der Waals surface area (Å²) in [5, 5.41) is 6.42. The molecule has 20 heavy (non-hydrogen) atoms. The first-order valence-corrected chi connectivity index (χ1v) is 7.47. The molecule has 1 heterocycles. The predicted octanol–water partition coefficient (Wildman–Crippen LogP) is 1.76. The lowest BCUT2D eigenvalue weighted by molar-refractivity contribution is -0.120. The van der Waals surface area contributed by atoms with Crippen LogP contribution in [-0.2, 0) is 11.3 Å². The van der Waals surface area contributed by atoms with Crippen molar-refractivity contribution in [3.63, 3.8) is 0 Å². The Hall–Kier alpha value is -1.55. The maximum atomic E-state index is 11.4. The maximum Gasteiger partial charge on any atom is 0.221 e. The summed E-state index contributed by atoms with van der Waals surface area (Å²) in [5.41, 5.74) is 2.56. The summed E-state index contributed by atoms with van der Waals surface area (Å²) in [7, 11) is 0. The quantitative estimate of drug-likeness (QED) is 0.860. The number of benzene rings is 1. The predicted molar refractivity (Wildman–Crippen MR) is 82.8 cm³/mol. The fourth-order valence-corrected chi connectivity index (χ4v) is 2.47. The Balaban J connectivity index is 2.04. The van der Waals surface area contributed by atoms with Gasteiger partial charge in [0.2, 0.25) is 5.91 Å². The van der Waals surface area contributed by atoms with Crippen LogP contribution in [0.25, 0.3) is 0 Å². The van der Waals surface area contributed by atoms with Crippen LogP contribution in [0.15, 0.2) is 24.3 Å². The molecule has 1 aliphatic heterocycles. The number of para-hydroxylation sites is 1. The number of carbonyl (C=O) groups is 1. The van der Waals surface area contributed by atoms with Gasteiger partial charge in [-0.15, -0.1) is 0 Å². The van der Waals surface area contributed by atoms with Crippen LogP contribution < -0.4 is 15.5 Å². The summed E-state index contributed by atoms with van der Waals surface area (Å²) in [6, 6.07) is 8.48. The van der Waals surface area contributed by atoms with Gasteiger partial charge < -0.3 is 15.5 Å². The second kappa shape index (κ2) is 7.29. The van der Waals surface area contributed by atoms with E-state index in [0.717, 1.165) is 32.7 Å². The molecule has 0 aliphatic carbocycles. The van der Waals surface area contributed by atoms with Crippen molar-refractivity contribution in [1.29, 1.82) is 0 Å². The zero-order valence-electron chi connectivity index (χ0n) is 12.5. The van der Waals surface area contributed by atoms with E-state index in [4.69, 9.17) is 0 Å². The summed E-state index contributed by atoms with van der Waals surface area (Å²) in [6.45, 7) is 8.74. The normalized spacial score (nSPS) is 16.1. The molecule has 1 amide bonds. The van der Waals surface area contributed by atoms with Crippen molar-refractivity contribution in [3.8, 4) is 0 Å². The first-order chi connectivity index (χ1) is 9.66. The minimum atomic E-state index is 0.155. The topological polar surface area (TPSA) is 44.4 Å². The van der Waals surface area contributed by atoms with Crippen LogP contribution >= 0.6 is 0 Å². The smallest absolute Gasteiger partial charge is 0.221 e. The Morgan fingerprint density at radius 2 is 2.10 bits per heavy atom. The molecular formula is C16H25N3O. The molecule has 0 radical (unpaired) electrons. The highest BCUT2D eigenvalue weighted by molar-refractivity contribution is 5.77. The minimum Gasteiger partial charge on any atom is -0.369 e. The zero-order valence-corrected chi connectivity index (χ0v) is 12.5. The van der Waals surface area contributed by atoms with Crippen LogP contribution in [0, 0.1) is 5.92 Å². The van der Waals surface area contributed by atoms with Gasteiger partial charge in [-0.3, -0.25) is 4.79 Å². The summed E-state index contributed by atoms with van der Waals surface area (Å²) < 4.78 is 0. The molecular weight excluding hydrogens is 250 g/mol. The Morgan fingerprint density at radius 3 is 2.90 bits per heavy atom. The second-order valence-electron chi connectivity index (χ2n) is 5.74. The highest BCUT2D eigenvalue weighted by Crippen LogP contribution is 2.21. The van der Waals surface area contributed by atoms with Crippen molar-refractivity contribution < 1.29 is 4.79 Å². The van der Waals surface area contributed by atoms with Crippen LogP contribution in [0.5, 0.6) is 0 Å². The molecule has 1 aromatic rings. The number of nitrogens with zero attached hydrogens (tertiary/aromatic N) is 1. The average Bonchev–Trinajstić information content (AvgIpc) is 2.64. The molecule has 0 saturated carbocycles. The number of rotatable bonds is 5. The van der Waals surface area contributed by atoms with E-state index in [2.05, 4.69) is 53.6 Å². The molecule has 1 aliphatic rings. The Labute approximate surface area is 121 Å². The van der Waals surface area contributed by atoms with Gasteiger partial charge in [0, 0.05) is 38.3 Å². The number of anilines is 1. The first kappa shape index (κ1) is 14.9. The SMILES string of the molecule is CC(C)CNCc1ccccc1N1CCNC(=O)CC1. The Bertz CT molecular complexity index is 445. The van der Waals surface area contributed by atoms with Gasteiger partial charge in [0.15, 0.2) is 0 Å². The summed E-state index contributed by atoms with van der Waals surface area (Å²) in [4.78, 5) is 13.8. The highest BCUT2D eigenvalue weighted by Gasteiger charge is 2.15. The van der Waals surface area contributed by atoms with E-state index < -0.39 is 0 Å². The van der Waals surface area contributed by atoms with E-state index in [-0.39, 0.29) is 5.91 Å². The van der Waals surface area contributed by atoms with Crippen molar-refractivity contribution in [2.75, 3.05) is 31.1 Å². The largest absolute Gasteiger partial charge is 0.369 e. The van der Waals surface area contributed by atoms with E-state index in [9.17, 15) is 4.79 Å². The summed E-state index contributed by atoms with van der Waals surface area (Å²) in [5.74, 6) is 0.810. The van der Waals surface area contributed by atoms with E-state index >= 15 is 0 Å². The molecule has 4 heteroatoms. The number of amides is 1. The number of carbonyl (C=O) groups excluding carboxylic acids is 1. The van der Waals surface area contributed by atoms with Crippen molar-refractivity contribution in [2.45, 2.75) is 26.8 Å². The van der Waals surface area contributed by atoms with Crippen LogP contribution in [-0.4, -0.2) is 32.1 Å². The van der Waals surface area contributed by atoms with E-state index in [1.54, 1.807) is 0 Å². The van der Waals surface area contributed by atoms with Gasteiger partial charge >= 0.3 is 0 Å². The van der Waals surface area contributed by atoms with Gasteiger partial charge in [0.05, 0.1) is 0 Å². The van der Waals surface area contributed by atoms with E-state index in [0.29, 0.717) is 12.3 Å². The highest BCUT2D eigenvalue weighted by atomic mass is 16.1. The van der Waals surface area contributed by atoms with Crippen LogP contribution in [0.4, 0.5) is 5.69 Å². The lowest BCUT2D eigenvalue weighted by Gasteiger charge is -2.25. The lowest BCUT2D eigenvalue weighted by atomic mass is 10.1. The molecule has 0 aromatic heterocycles. The van der Waals surface area contributed by atoms with Crippen molar-refractivity contribution in [2.24, 2.45) is 5.92 Å². The molecule has 0 unspecified atom stereocenters. The third-order valence-electron chi connectivity index (χ3n) is 3.51.